The lowest BCUT2D eigenvalue weighted by molar-refractivity contribution is -0.141. The predicted octanol–water partition coefficient (Wildman–Crippen LogP) is 2.43. The van der Waals surface area contributed by atoms with Crippen LogP contribution in [0.1, 0.15) is 59.8 Å². The summed E-state index contributed by atoms with van der Waals surface area (Å²) in [7, 11) is 0. The molecule has 0 aromatic carbocycles. The van der Waals surface area contributed by atoms with E-state index >= 15 is 0 Å². The van der Waals surface area contributed by atoms with Crippen LogP contribution in [0.3, 0.4) is 0 Å². The molecular weight excluding hydrogens is 244 g/mol. The van der Waals surface area contributed by atoms with Crippen LogP contribution in [0.25, 0.3) is 0 Å². The molecule has 112 valence electrons. The Morgan fingerprint density at radius 3 is 2.53 bits per heavy atom. The van der Waals surface area contributed by atoms with Crippen molar-refractivity contribution in [3.8, 4) is 0 Å². The summed E-state index contributed by atoms with van der Waals surface area (Å²) in [6, 6.07) is 0. The largest absolute Gasteiger partial charge is 0.481 e. The summed E-state index contributed by atoms with van der Waals surface area (Å²) in [6.45, 7) is 7.34. The molecule has 19 heavy (non-hydrogen) atoms. The zero-order chi connectivity index (χ0) is 14.8. The molecule has 0 bridgehead atoms. The minimum atomic E-state index is -0.821. The lowest BCUT2D eigenvalue weighted by Gasteiger charge is -2.36. The van der Waals surface area contributed by atoms with Gasteiger partial charge in [0.05, 0.1) is 17.1 Å². The van der Waals surface area contributed by atoms with Crippen LogP contribution in [0.2, 0.25) is 0 Å². The van der Waals surface area contributed by atoms with Gasteiger partial charge in [-0.3, -0.25) is 4.79 Å². The van der Waals surface area contributed by atoms with E-state index in [0.717, 1.165) is 12.8 Å². The monoisotopic (exact) mass is 272 g/mol. The summed E-state index contributed by atoms with van der Waals surface area (Å²) >= 11 is 0. The van der Waals surface area contributed by atoms with Crippen molar-refractivity contribution in [2.45, 2.75) is 71.0 Å². The van der Waals surface area contributed by atoms with Crippen molar-refractivity contribution in [2.24, 2.45) is 17.8 Å². The first kappa shape index (κ1) is 16.4. The van der Waals surface area contributed by atoms with Gasteiger partial charge in [0, 0.05) is 0 Å². The molecule has 0 aliphatic heterocycles. The van der Waals surface area contributed by atoms with Gasteiger partial charge >= 0.3 is 5.97 Å². The van der Waals surface area contributed by atoms with Gasteiger partial charge in [-0.25, -0.2) is 0 Å². The Morgan fingerprint density at radius 1 is 1.53 bits per heavy atom. The van der Waals surface area contributed by atoms with Crippen LogP contribution in [-0.2, 0) is 4.79 Å². The Labute approximate surface area is 115 Å². The van der Waals surface area contributed by atoms with E-state index in [1.165, 1.54) is 0 Å². The van der Waals surface area contributed by atoms with Crippen molar-refractivity contribution in [2.75, 3.05) is 0 Å². The quantitative estimate of drug-likeness (QED) is 0.694. The lowest BCUT2D eigenvalue weighted by Crippen LogP contribution is -2.40. The maximum Gasteiger partial charge on any atom is 0.306 e. The van der Waals surface area contributed by atoms with Crippen molar-refractivity contribution < 1.29 is 20.1 Å². The normalized spacial score (nSPS) is 35.9. The number of hydrogen-bond donors (Lipinski definition) is 3. The van der Waals surface area contributed by atoms with E-state index in [1.54, 1.807) is 6.92 Å². The summed E-state index contributed by atoms with van der Waals surface area (Å²) in [4.78, 5) is 10.8. The van der Waals surface area contributed by atoms with Gasteiger partial charge in [-0.15, -0.1) is 0 Å². The summed E-state index contributed by atoms with van der Waals surface area (Å²) in [5, 5.41) is 29.6. The van der Waals surface area contributed by atoms with Crippen LogP contribution < -0.4 is 0 Å². The zero-order valence-corrected chi connectivity index (χ0v) is 12.5. The fraction of sp³-hybridized carbons (Fsp3) is 0.933. The first-order chi connectivity index (χ1) is 8.58. The maximum absolute atomic E-state index is 10.8. The summed E-state index contributed by atoms with van der Waals surface area (Å²) < 4.78 is 0. The Bertz CT molecular complexity index is 322. The van der Waals surface area contributed by atoms with E-state index in [-0.39, 0.29) is 17.8 Å². The average molecular weight is 272 g/mol. The third kappa shape index (κ3) is 3.93. The van der Waals surface area contributed by atoms with Gasteiger partial charge in [-0.1, -0.05) is 13.8 Å². The minimum Gasteiger partial charge on any atom is -0.481 e. The van der Waals surface area contributed by atoms with E-state index in [9.17, 15) is 15.0 Å². The molecule has 0 aromatic heterocycles. The fourth-order valence-electron chi connectivity index (χ4n) is 3.28. The number of carboxylic acids is 1. The maximum atomic E-state index is 10.8. The highest BCUT2D eigenvalue weighted by atomic mass is 16.4. The van der Waals surface area contributed by atoms with Gasteiger partial charge in [0.1, 0.15) is 0 Å². The van der Waals surface area contributed by atoms with Gasteiger partial charge in [-0.05, 0) is 57.8 Å². The number of carboxylic acid groups (broad SMARTS) is 1. The number of aliphatic hydroxyl groups is 2. The molecule has 0 heterocycles. The molecule has 1 saturated carbocycles. The van der Waals surface area contributed by atoms with Gasteiger partial charge in [0.2, 0.25) is 0 Å². The zero-order valence-electron chi connectivity index (χ0n) is 12.5. The molecule has 1 rings (SSSR count). The fourth-order valence-corrected chi connectivity index (χ4v) is 3.28. The van der Waals surface area contributed by atoms with Crippen LogP contribution in [0.5, 0.6) is 0 Å². The second-order valence-corrected chi connectivity index (χ2v) is 6.78. The van der Waals surface area contributed by atoms with Crippen LogP contribution >= 0.6 is 0 Å². The van der Waals surface area contributed by atoms with Crippen molar-refractivity contribution in [1.82, 2.24) is 0 Å². The first-order valence-electron chi connectivity index (χ1n) is 7.25. The number of hydrogen-bond acceptors (Lipinski definition) is 3. The molecule has 4 nitrogen and oxygen atoms in total. The third-order valence-corrected chi connectivity index (χ3v) is 5.09. The molecule has 0 aromatic rings. The topological polar surface area (TPSA) is 77.8 Å². The molecule has 0 saturated heterocycles. The number of aliphatic carboxylic acids is 1. The summed E-state index contributed by atoms with van der Waals surface area (Å²) in [6.07, 6.45) is 3.43. The molecule has 5 atom stereocenters. The highest BCUT2D eigenvalue weighted by Crippen LogP contribution is 2.46. The molecular formula is C15H28O4. The molecule has 5 unspecified atom stereocenters. The predicted molar refractivity (Wildman–Crippen MR) is 73.8 cm³/mol. The Hall–Kier alpha value is -0.610. The molecule has 3 N–H and O–H groups in total. The number of carbonyl (C=O) groups is 1. The SMILES string of the molecule is CC(CCCC(C)(O)C1CCC(C)(O)C1C)C(=O)O. The molecule has 4 heteroatoms. The van der Waals surface area contributed by atoms with E-state index < -0.39 is 17.2 Å². The molecule has 0 spiro atoms. The second-order valence-electron chi connectivity index (χ2n) is 6.78. The van der Waals surface area contributed by atoms with Gasteiger partial charge in [0.15, 0.2) is 0 Å². The minimum absolute atomic E-state index is 0.0689. The Balaban J connectivity index is 2.50. The Kier molecular flexibility index (Phi) is 5.02. The number of rotatable bonds is 6. The molecule has 1 aliphatic carbocycles. The van der Waals surface area contributed by atoms with Gasteiger partial charge in [0.25, 0.3) is 0 Å². The van der Waals surface area contributed by atoms with E-state index in [2.05, 4.69) is 0 Å². The second kappa shape index (κ2) is 5.80. The van der Waals surface area contributed by atoms with Gasteiger partial charge < -0.3 is 15.3 Å². The van der Waals surface area contributed by atoms with Crippen molar-refractivity contribution >= 4 is 5.97 Å². The van der Waals surface area contributed by atoms with Crippen LogP contribution in [0.4, 0.5) is 0 Å². The standard InChI is InChI=1S/C15H28O4/c1-10(13(16)17)6-5-8-15(4,19)12-7-9-14(3,18)11(12)2/h10-12,18-19H,5-9H2,1-4H3,(H,16,17). The van der Waals surface area contributed by atoms with Crippen LogP contribution in [0, 0.1) is 17.8 Å². The molecule has 1 aliphatic rings. The highest BCUT2D eigenvalue weighted by molar-refractivity contribution is 5.69. The highest BCUT2D eigenvalue weighted by Gasteiger charge is 2.48. The van der Waals surface area contributed by atoms with Gasteiger partial charge in [-0.2, -0.15) is 0 Å². The lowest BCUT2D eigenvalue weighted by atomic mass is 9.76. The molecule has 1 fully saturated rings. The van der Waals surface area contributed by atoms with Crippen LogP contribution in [-0.4, -0.2) is 32.5 Å². The first-order valence-corrected chi connectivity index (χ1v) is 7.25. The van der Waals surface area contributed by atoms with Crippen LogP contribution in [0.15, 0.2) is 0 Å². The molecule has 0 radical (unpaired) electrons. The van der Waals surface area contributed by atoms with Crippen molar-refractivity contribution in [3.63, 3.8) is 0 Å². The van der Waals surface area contributed by atoms with Crippen molar-refractivity contribution in [3.05, 3.63) is 0 Å². The molecule has 0 amide bonds. The summed E-state index contributed by atoms with van der Waals surface area (Å²) in [5.74, 6) is -0.987. The Morgan fingerprint density at radius 2 is 2.11 bits per heavy atom. The summed E-state index contributed by atoms with van der Waals surface area (Å²) in [5.41, 5.74) is -1.51. The smallest absolute Gasteiger partial charge is 0.306 e. The van der Waals surface area contributed by atoms with E-state index in [0.29, 0.717) is 19.3 Å². The van der Waals surface area contributed by atoms with Crippen molar-refractivity contribution in [1.29, 1.82) is 0 Å². The average Bonchev–Trinajstić information content (AvgIpc) is 2.54. The third-order valence-electron chi connectivity index (χ3n) is 5.09. The van der Waals surface area contributed by atoms with E-state index in [1.807, 2.05) is 20.8 Å². The van der Waals surface area contributed by atoms with E-state index in [4.69, 9.17) is 5.11 Å².